The minimum atomic E-state index is -0.758. The van der Waals surface area contributed by atoms with Crippen molar-refractivity contribution in [1.82, 2.24) is 16.0 Å². The quantitative estimate of drug-likeness (QED) is 0.359. The lowest BCUT2D eigenvalue weighted by Crippen LogP contribution is -2.48. The Morgan fingerprint density at radius 2 is 1.55 bits per heavy atom. The fourth-order valence-corrected chi connectivity index (χ4v) is 1.57. The average molecular weight is 316 g/mol. The van der Waals surface area contributed by atoms with Gasteiger partial charge in [0.15, 0.2) is 0 Å². The Labute approximate surface area is 129 Å². The Kier molecular flexibility index (Phi) is 9.51. The van der Waals surface area contributed by atoms with Crippen molar-refractivity contribution in [3.63, 3.8) is 0 Å². The van der Waals surface area contributed by atoms with Crippen LogP contribution in [0, 0.1) is 5.92 Å². The summed E-state index contributed by atoms with van der Waals surface area (Å²) in [7, 11) is 1.24. The van der Waals surface area contributed by atoms with Crippen LogP contribution in [0.4, 0.5) is 0 Å². The maximum Gasteiger partial charge on any atom is 0.328 e. The highest BCUT2D eigenvalue weighted by Gasteiger charge is 2.22. The molecule has 9 heteroatoms. The van der Waals surface area contributed by atoms with E-state index in [9.17, 15) is 19.2 Å². The smallest absolute Gasteiger partial charge is 0.328 e. The average Bonchev–Trinajstić information content (AvgIpc) is 2.48. The molecular formula is C13H24N4O5. The van der Waals surface area contributed by atoms with Crippen molar-refractivity contribution < 1.29 is 23.9 Å². The van der Waals surface area contributed by atoms with Crippen LogP contribution in [0.2, 0.25) is 0 Å². The highest BCUT2D eigenvalue weighted by molar-refractivity contribution is 5.90. The molecule has 0 aromatic carbocycles. The zero-order chi connectivity index (χ0) is 17.1. The van der Waals surface area contributed by atoms with E-state index in [2.05, 4.69) is 20.7 Å². The molecule has 0 unspecified atom stereocenters. The first-order chi connectivity index (χ1) is 10.3. The Bertz CT molecular complexity index is 411. The first-order valence-corrected chi connectivity index (χ1v) is 6.90. The van der Waals surface area contributed by atoms with Gasteiger partial charge in [0.05, 0.1) is 26.7 Å². The van der Waals surface area contributed by atoms with E-state index in [1.54, 1.807) is 0 Å². The van der Waals surface area contributed by atoms with Gasteiger partial charge in [0.2, 0.25) is 17.7 Å². The molecule has 0 aliphatic carbocycles. The molecule has 0 aromatic heterocycles. The summed E-state index contributed by atoms with van der Waals surface area (Å²) in [5.74, 6) is -1.87. The van der Waals surface area contributed by atoms with Gasteiger partial charge in [-0.2, -0.15) is 0 Å². The summed E-state index contributed by atoms with van der Waals surface area (Å²) >= 11 is 0. The van der Waals surface area contributed by atoms with Gasteiger partial charge < -0.3 is 26.4 Å². The maximum absolute atomic E-state index is 11.7. The molecular weight excluding hydrogens is 292 g/mol. The van der Waals surface area contributed by atoms with E-state index >= 15 is 0 Å². The van der Waals surface area contributed by atoms with Crippen LogP contribution in [0.5, 0.6) is 0 Å². The summed E-state index contributed by atoms with van der Waals surface area (Å²) in [6.07, 6.45) is 0.429. The zero-order valence-electron chi connectivity index (χ0n) is 13.1. The number of rotatable bonds is 9. The molecule has 0 spiro atoms. The molecule has 0 radical (unpaired) electrons. The van der Waals surface area contributed by atoms with Crippen LogP contribution in [0.3, 0.4) is 0 Å². The zero-order valence-corrected chi connectivity index (χ0v) is 13.1. The van der Waals surface area contributed by atoms with Gasteiger partial charge in [-0.1, -0.05) is 13.8 Å². The number of esters is 1. The molecule has 0 rings (SSSR count). The van der Waals surface area contributed by atoms with E-state index in [1.807, 2.05) is 13.8 Å². The number of ether oxygens (including phenoxy) is 1. The second kappa shape index (κ2) is 10.6. The van der Waals surface area contributed by atoms with Crippen LogP contribution in [-0.2, 0) is 23.9 Å². The van der Waals surface area contributed by atoms with E-state index in [0.717, 1.165) is 0 Å². The number of nitrogens with two attached hydrogens (primary N) is 1. The predicted molar refractivity (Wildman–Crippen MR) is 78.5 cm³/mol. The lowest BCUT2D eigenvalue weighted by Gasteiger charge is -2.18. The number of carbonyl (C=O) groups is 4. The lowest BCUT2D eigenvalue weighted by atomic mass is 10.0. The fraction of sp³-hybridized carbons (Fsp3) is 0.692. The van der Waals surface area contributed by atoms with Crippen molar-refractivity contribution in [3.05, 3.63) is 0 Å². The molecule has 3 amide bonds. The molecule has 0 heterocycles. The van der Waals surface area contributed by atoms with Crippen LogP contribution in [0.1, 0.15) is 20.3 Å². The summed E-state index contributed by atoms with van der Waals surface area (Å²) in [5.41, 5.74) is 5.06. The van der Waals surface area contributed by atoms with Gasteiger partial charge in [-0.05, 0) is 12.3 Å². The topological polar surface area (TPSA) is 140 Å². The normalized spacial score (nSPS) is 11.5. The van der Waals surface area contributed by atoms with Crippen molar-refractivity contribution in [2.75, 3.05) is 26.7 Å². The summed E-state index contributed by atoms with van der Waals surface area (Å²) in [6.45, 7) is 3.02. The number of nitrogens with one attached hydrogen (secondary N) is 3. The van der Waals surface area contributed by atoms with Gasteiger partial charge in [-0.15, -0.1) is 0 Å². The summed E-state index contributed by atoms with van der Waals surface area (Å²) in [6, 6.07) is -0.758. The van der Waals surface area contributed by atoms with Crippen LogP contribution >= 0.6 is 0 Å². The van der Waals surface area contributed by atoms with Crippen molar-refractivity contribution >= 4 is 23.7 Å². The number of methoxy groups -OCH3 is 1. The number of amides is 3. The third kappa shape index (κ3) is 8.90. The molecule has 0 aliphatic rings. The van der Waals surface area contributed by atoms with E-state index in [4.69, 9.17) is 5.73 Å². The van der Waals surface area contributed by atoms with Gasteiger partial charge in [0.1, 0.15) is 6.04 Å². The lowest BCUT2D eigenvalue weighted by molar-refractivity contribution is -0.145. The standard InChI is InChI=1S/C13H24N4O5/c1-8(2)4-9(13(21)22-3)17-12(20)7-16-11(19)6-15-10(18)5-14/h8-9H,4-7,14H2,1-3H3,(H,15,18)(H,16,19)(H,17,20)/t9-/m1/s1. The van der Waals surface area contributed by atoms with Crippen molar-refractivity contribution in [3.8, 4) is 0 Å². The third-order valence-electron chi connectivity index (χ3n) is 2.61. The molecule has 126 valence electrons. The summed E-state index contributed by atoms with van der Waals surface area (Å²) < 4.78 is 4.62. The Morgan fingerprint density at radius 1 is 1.00 bits per heavy atom. The van der Waals surface area contributed by atoms with Gasteiger partial charge in [-0.3, -0.25) is 14.4 Å². The van der Waals surface area contributed by atoms with Crippen molar-refractivity contribution in [2.45, 2.75) is 26.3 Å². The van der Waals surface area contributed by atoms with E-state index in [1.165, 1.54) is 7.11 Å². The number of hydrogen-bond acceptors (Lipinski definition) is 6. The molecule has 0 aromatic rings. The molecule has 22 heavy (non-hydrogen) atoms. The molecule has 1 atom stereocenters. The minimum absolute atomic E-state index is 0.186. The molecule has 0 saturated carbocycles. The number of hydrogen-bond donors (Lipinski definition) is 4. The van der Waals surface area contributed by atoms with Gasteiger partial charge >= 0.3 is 5.97 Å². The highest BCUT2D eigenvalue weighted by atomic mass is 16.5. The molecule has 0 fully saturated rings. The van der Waals surface area contributed by atoms with Gasteiger partial charge in [0.25, 0.3) is 0 Å². The van der Waals surface area contributed by atoms with Crippen molar-refractivity contribution in [2.24, 2.45) is 11.7 Å². The van der Waals surface area contributed by atoms with Crippen LogP contribution in [-0.4, -0.2) is 56.5 Å². The highest BCUT2D eigenvalue weighted by Crippen LogP contribution is 2.05. The minimum Gasteiger partial charge on any atom is -0.467 e. The van der Waals surface area contributed by atoms with E-state index in [-0.39, 0.29) is 25.6 Å². The predicted octanol–water partition coefficient (Wildman–Crippen LogP) is -2.12. The van der Waals surface area contributed by atoms with Gasteiger partial charge in [-0.25, -0.2) is 4.79 Å². The molecule has 0 saturated heterocycles. The molecule has 0 bridgehead atoms. The SMILES string of the molecule is COC(=O)[C@@H](CC(C)C)NC(=O)CNC(=O)CNC(=O)CN. The molecule has 9 nitrogen and oxygen atoms in total. The van der Waals surface area contributed by atoms with Crippen LogP contribution in [0.15, 0.2) is 0 Å². The van der Waals surface area contributed by atoms with Crippen molar-refractivity contribution in [1.29, 1.82) is 0 Å². The van der Waals surface area contributed by atoms with E-state index in [0.29, 0.717) is 6.42 Å². The Morgan fingerprint density at radius 3 is 2.05 bits per heavy atom. The Balaban J connectivity index is 4.21. The summed E-state index contributed by atoms with van der Waals surface area (Å²) in [5, 5.41) is 7.08. The van der Waals surface area contributed by atoms with Gasteiger partial charge in [0, 0.05) is 0 Å². The summed E-state index contributed by atoms with van der Waals surface area (Å²) in [4.78, 5) is 45.5. The van der Waals surface area contributed by atoms with Crippen LogP contribution < -0.4 is 21.7 Å². The second-order valence-corrected chi connectivity index (χ2v) is 5.03. The Hall–Kier alpha value is -2.16. The van der Waals surface area contributed by atoms with Crippen LogP contribution in [0.25, 0.3) is 0 Å². The maximum atomic E-state index is 11.7. The third-order valence-corrected chi connectivity index (χ3v) is 2.61. The fourth-order valence-electron chi connectivity index (χ4n) is 1.57. The molecule has 0 aliphatic heterocycles. The number of carbonyl (C=O) groups excluding carboxylic acids is 4. The largest absolute Gasteiger partial charge is 0.467 e. The second-order valence-electron chi connectivity index (χ2n) is 5.03. The first kappa shape index (κ1) is 19.8. The molecule has 5 N–H and O–H groups in total. The van der Waals surface area contributed by atoms with E-state index < -0.39 is 29.7 Å². The first-order valence-electron chi connectivity index (χ1n) is 6.90. The monoisotopic (exact) mass is 316 g/mol.